The Labute approximate surface area is 128 Å². The summed E-state index contributed by atoms with van der Waals surface area (Å²) < 4.78 is 4.98. The third-order valence-electron chi connectivity index (χ3n) is 3.72. The van der Waals surface area contributed by atoms with Gasteiger partial charge in [0, 0.05) is 17.5 Å². The van der Waals surface area contributed by atoms with E-state index in [2.05, 4.69) is 15.3 Å². The van der Waals surface area contributed by atoms with Gasteiger partial charge in [0.25, 0.3) is 5.56 Å². The van der Waals surface area contributed by atoms with Crippen molar-refractivity contribution in [2.75, 3.05) is 13.7 Å². The van der Waals surface area contributed by atoms with E-state index in [1.807, 2.05) is 6.92 Å². The highest BCUT2D eigenvalue weighted by Crippen LogP contribution is 2.37. The molecule has 0 bridgehead atoms. The van der Waals surface area contributed by atoms with Crippen molar-refractivity contribution in [2.45, 2.75) is 48.6 Å². The van der Waals surface area contributed by atoms with Crippen LogP contribution >= 0.6 is 11.8 Å². The molecule has 1 heterocycles. The van der Waals surface area contributed by atoms with Crippen LogP contribution in [0.1, 0.15) is 32.6 Å². The number of methoxy groups -OCH3 is 1. The first-order chi connectivity index (χ1) is 10.1. The Morgan fingerprint density at radius 2 is 2.48 bits per heavy atom. The maximum absolute atomic E-state index is 12.2. The van der Waals surface area contributed by atoms with Crippen LogP contribution in [0.15, 0.2) is 22.2 Å². The van der Waals surface area contributed by atoms with Crippen LogP contribution in [0.2, 0.25) is 0 Å². The van der Waals surface area contributed by atoms with Crippen LogP contribution in [0.25, 0.3) is 0 Å². The minimum Gasteiger partial charge on any atom is -0.468 e. The number of aromatic amines is 1. The number of rotatable bonds is 5. The molecule has 1 aromatic heterocycles. The first kappa shape index (κ1) is 16.0. The monoisotopic (exact) mass is 311 g/mol. The molecule has 1 aliphatic carbocycles. The standard InChI is InChI=1S/C14H21N3O3S/c1-3-16-14(12(19)20-2)7-4-5-10(9-14)21-13-15-8-6-11(18)17-13/h6,8,10,16H,3-5,7,9H2,1-2H3,(H,15,17,18). The van der Waals surface area contributed by atoms with E-state index in [1.165, 1.54) is 31.1 Å². The molecular formula is C14H21N3O3S. The molecule has 0 saturated heterocycles. The lowest BCUT2D eigenvalue weighted by Crippen LogP contribution is -2.56. The first-order valence-corrected chi connectivity index (χ1v) is 8.03. The molecule has 1 fully saturated rings. The van der Waals surface area contributed by atoms with Crippen LogP contribution in [0.3, 0.4) is 0 Å². The van der Waals surface area contributed by atoms with E-state index in [0.717, 1.165) is 19.3 Å². The second kappa shape index (κ2) is 7.09. The van der Waals surface area contributed by atoms with E-state index in [0.29, 0.717) is 18.1 Å². The van der Waals surface area contributed by atoms with Crippen molar-refractivity contribution >= 4 is 17.7 Å². The lowest BCUT2D eigenvalue weighted by molar-refractivity contribution is -0.150. The van der Waals surface area contributed by atoms with Gasteiger partial charge in [0.05, 0.1) is 7.11 Å². The van der Waals surface area contributed by atoms with Crippen LogP contribution in [-0.2, 0) is 9.53 Å². The van der Waals surface area contributed by atoms with Gasteiger partial charge >= 0.3 is 5.97 Å². The fraction of sp³-hybridized carbons (Fsp3) is 0.643. The Morgan fingerprint density at radius 3 is 3.14 bits per heavy atom. The molecule has 7 heteroatoms. The van der Waals surface area contributed by atoms with E-state index in [1.54, 1.807) is 0 Å². The van der Waals surface area contributed by atoms with Crippen molar-refractivity contribution in [3.8, 4) is 0 Å². The SMILES string of the molecule is CCNC1(C(=O)OC)CCCC(Sc2nccc(=O)[nH]2)C1. The lowest BCUT2D eigenvalue weighted by Gasteiger charge is -2.38. The average Bonchev–Trinajstić information content (AvgIpc) is 2.47. The highest BCUT2D eigenvalue weighted by Gasteiger charge is 2.43. The quantitative estimate of drug-likeness (QED) is 0.630. The number of thioether (sulfide) groups is 1. The van der Waals surface area contributed by atoms with E-state index >= 15 is 0 Å². The lowest BCUT2D eigenvalue weighted by atomic mass is 9.81. The third kappa shape index (κ3) is 3.85. The maximum Gasteiger partial charge on any atom is 0.326 e. The highest BCUT2D eigenvalue weighted by molar-refractivity contribution is 7.99. The number of nitrogens with one attached hydrogen (secondary N) is 2. The number of esters is 1. The number of carbonyl (C=O) groups is 1. The van der Waals surface area contributed by atoms with Crippen molar-refractivity contribution in [3.05, 3.63) is 22.6 Å². The van der Waals surface area contributed by atoms with Gasteiger partial charge in [-0.15, -0.1) is 0 Å². The number of aromatic nitrogens is 2. The molecule has 0 radical (unpaired) electrons. The van der Waals surface area contributed by atoms with Gasteiger partial charge in [0.15, 0.2) is 5.16 Å². The molecule has 1 aromatic rings. The van der Waals surface area contributed by atoms with Gasteiger partial charge in [-0.3, -0.25) is 9.59 Å². The average molecular weight is 311 g/mol. The molecule has 2 rings (SSSR count). The Hall–Kier alpha value is -1.34. The zero-order valence-electron chi connectivity index (χ0n) is 12.3. The second-order valence-corrected chi connectivity index (χ2v) is 6.47. The topological polar surface area (TPSA) is 84.1 Å². The van der Waals surface area contributed by atoms with Crippen LogP contribution in [-0.4, -0.2) is 40.4 Å². The van der Waals surface area contributed by atoms with Crippen LogP contribution < -0.4 is 10.9 Å². The summed E-state index contributed by atoms with van der Waals surface area (Å²) >= 11 is 1.52. The van der Waals surface area contributed by atoms with Gasteiger partial charge in [0.2, 0.25) is 0 Å². The fourth-order valence-electron chi connectivity index (χ4n) is 2.85. The summed E-state index contributed by atoms with van der Waals surface area (Å²) in [6.45, 7) is 2.70. The minimum absolute atomic E-state index is 0.158. The van der Waals surface area contributed by atoms with Crippen LogP contribution in [0.5, 0.6) is 0 Å². The molecule has 0 aliphatic heterocycles. The number of ether oxygens (including phenoxy) is 1. The summed E-state index contributed by atoms with van der Waals surface area (Å²) in [5.74, 6) is -0.204. The molecule has 116 valence electrons. The second-order valence-electron chi connectivity index (χ2n) is 5.18. The van der Waals surface area contributed by atoms with Gasteiger partial charge < -0.3 is 15.0 Å². The van der Waals surface area contributed by atoms with Crippen molar-refractivity contribution in [1.29, 1.82) is 0 Å². The third-order valence-corrected chi connectivity index (χ3v) is 4.89. The number of carbonyl (C=O) groups excluding carboxylic acids is 1. The number of likely N-dealkylation sites (N-methyl/N-ethyl adjacent to an activating group) is 1. The van der Waals surface area contributed by atoms with Gasteiger partial charge in [-0.05, 0) is 32.2 Å². The molecule has 0 spiro atoms. The first-order valence-electron chi connectivity index (χ1n) is 7.15. The normalized spacial score (nSPS) is 25.5. The van der Waals surface area contributed by atoms with Gasteiger partial charge in [0.1, 0.15) is 5.54 Å². The number of H-pyrrole nitrogens is 1. The molecule has 0 aromatic carbocycles. The van der Waals surface area contributed by atoms with Crippen molar-refractivity contribution in [3.63, 3.8) is 0 Å². The largest absolute Gasteiger partial charge is 0.468 e. The molecule has 1 saturated carbocycles. The molecule has 6 nitrogen and oxygen atoms in total. The summed E-state index contributed by atoms with van der Waals surface area (Å²) in [5.41, 5.74) is -0.775. The summed E-state index contributed by atoms with van der Waals surface area (Å²) in [6, 6.07) is 1.39. The zero-order chi connectivity index (χ0) is 15.3. The summed E-state index contributed by atoms with van der Waals surface area (Å²) in [7, 11) is 1.43. The summed E-state index contributed by atoms with van der Waals surface area (Å²) in [6.07, 6.45) is 4.90. The molecule has 0 amide bonds. The van der Waals surface area contributed by atoms with Crippen LogP contribution in [0, 0.1) is 0 Å². The van der Waals surface area contributed by atoms with Crippen molar-refractivity contribution < 1.29 is 9.53 Å². The van der Waals surface area contributed by atoms with E-state index in [9.17, 15) is 9.59 Å². The Bertz CT molecular complexity index is 544. The Morgan fingerprint density at radius 1 is 1.67 bits per heavy atom. The minimum atomic E-state index is -0.617. The molecule has 21 heavy (non-hydrogen) atoms. The predicted octanol–water partition coefficient (Wildman–Crippen LogP) is 1.33. The van der Waals surface area contributed by atoms with E-state index in [4.69, 9.17) is 4.74 Å². The van der Waals surface area contributed by atoms with E-state index in [-0.39, 0.29) is 16.8 Å². The fourth-order valence-corrected chi connectivity index (χ4v) is 4.10. The van der Waals surface area contributed by atoms with E-state index < -0.39 is 5.54 Å². The Balaban J connectivity index is 2.11. The highest BCUT2D eigenvalue weighted by atomic mass is 32.2. The van der Waals surface area contributed by atoms with Gasteiger partial charge in [-0.1, -0.05) is 18.7 Å². The van der Waals surface area contributed by atoms with Gasteiger partial charge in [-0.25, -0.2) is 4.98 Å². The van der Waals surface area contributed by atoms with Gasteiger partial charge in [-0.2, -0.15) is 0 Å². The molecule has 2 atom stereocenters. The zero-order valence-corrected chi connectivity index (χ0v) is 13.2. The predicted molar refractivity (Wildman–Crippen MR) is 81.4 cm³/mol. The summed E-state index contributed by atoms with van der Waals surface area (Å²) in [5, 5.41) is 4.12. The molecule has 1 aliphatic rings. The van der Waals surface area contributed by atoms with Crippen LogP contribution in [0.4, 0.5) is 0 Å². The van der Waals surface area contributed by atoms with Crippen molar-refractivity contribution in [2.24, 2.45) is 0 Å². The molecule has 2 N–H and O–H groups in total. The number of nitrogens with zero attached hydrogens (tertiary/aromatic N) is 1. The number of hydrogen-bond acceptors (Lipinski definition) is 6. The number of hydrogen-bond donors (Lipinski definition) is 2. The van der Waals surface area contributed by atoms with Crippen molar-refractivity contribution in [1.82, 2.24) is 15.3 Å². The smallest absolute Gasteiger partial charge is 0.326 e. The maximum atomic E-state index is 12.2. The Kier molecular flexibility index (Phi) is 5.41. The molecule has 2 unspecified atom stereocenters. The summed E-state index contributed by atoms with van der Waals surface area (Å²) in [4.78, 5) is 30.4. The molecular weight excluding hydrogens is 290 g/mol.